The van der Waals surface area contributed by atoms with Crippen LogP contribution < -0.4 is 5.73 Å². The summed E-state index contributed by atoms with van der Waals surface area (Å²) in [6.07, 6.45) is 1.24. The van der Waals surface area contributed by atoms with E-state index in [1.165, 1.54) is 6.42 Å². The van der Waals surface area contributed by atoms with Gasteiger partial charge in [0.25, 0.3) is 0 Å². The molecule has 3 nitrogen and oxygen atoms in total. The molecule has 2 N–H and O–H groups in total. The van der Waals surface area contributed by atoms with Crippen LogP contribution in [0.1, 0.15) is 20.3 Å². The van der Waals surface area contributed by atoms with E-state index in [1.54, 1.807) is 7.11 Å². The van der Waals surface area contributed by atoms with Crippen LogP contribution in [-0.2, 0) is 4.74 Å². The molecule has 1 atom stereocenters. The molecule has 1 aliphatic heterocycles. The molecule has 0 radical (unpaired) electrons. The highest BCUT2D eigenvalue weighted by molar-refractivity contribution is 4.87. The number of hydrogen-bond acceptors (Lipinski definition) is 3. The van der Waals surface area contributed by atoms with Crippen molar-refractivity contribution in [1.82, 2.24) is 4.90 Å². The monoisotopic (exact) mass is 186 g/mol. The maximum absolute atomic E-state index is 5.66. The average Bonchev–Trinajstić information content (AvgIpc) is 2.52. The van der Waals surface area contributed by atoms with Crippen molar-refractivity contribution < 1.29 is 4.74 Å². The van der Waals surface area contributed by atoms with Gasteiger partial charge >= 0.3 is 0 Å². The molecule has 0 aromatic heterocycles. The van der Waals surface area contributed by atoms with Crippen LogP contribution in [0.4, 0.5) is 0 Å². The molecule has 1 heterocycles. The molecule has 1 rings (SSSR count). The van der Waals surface area contributed by atoms with Gasteiger partial charge in [-0.1, -0.05) is 0 Å². The fourth-order valence-electron chi connectivity index (χ4n) is 2.02. The van der Waals surface area contributed by atoms with Crippen molar-refractivity contribution in [3.05, 3.63) is 0 Å². The van der Waals surface area contributed by atoms with Gasteiger partial charge in [0.05, 0.1) is 6.61 Å². The van der Waals surface area contributed by atoms with Gasteiger partial charge in [-0.3, -0.25) is 4.90 Å². The summed E-state index contributed by atoms with van der Waals surface area (Å²) >= 11 is 0. The summed E-state index contributed by atoms with van der Waals surface area (Å²) in [5.74, 6) is 0.691. The molecular weight excluding hydrogens is 164 g/mol. The Labute approximate surface area is 81.2 Å². The molecule has 0 aromatic carbocycles. The summed E-state index contributed by atoms with van der Waals surface area (Å²) in [7, 11) is 1.76. The van der Waals surface area contributed by atoms with Crippen LogP contribution in [0.15, 0.2) is 0 Å². The summed E-state index contributed by atoms with van der Waals surface area (Å²) < 4.78 is 5.21. The summed E-state index contributed by atoms with van der Waals surface area (Å²) in [6.45, 7) is 8.37. The molecule has 0 amide bonds. The van der Waals surface area contributed by atoms with Crippen molar-refractivity contribution in [3.8, 4) is 0 Å². The number of nitrogens with zero attached hydrogens (tertiary/aromatic N) is 1. The highest BCUT2D eigenvalue weighted by Crippen LogP contribution is 2.24. The third-order valence-corrected chi connectivity index (χ3v) is 2.97. The lowest BCUT2D eigenvalue weighted by Gasteiger charge is -2.34. The molecule has 3 heteroatoms. The normalized spacial score (nSPS) is 25.4. The Bertz CT molecular complexity index is 159. The third-order valence-electron chi connectivity index (χ3n) is 2.97. The second-order valence-electron chi connectivity index (χ2n) is 4.58. The number of nitrogens with two attached hydrogens (primary N) is 1. The first kappa shape index (κ1) is 11.0. The van der Waals surface area contributed by atoms with Crippen molar-refractivity contribution in [2.45, 2.75) is 25.8 Å². The predicted molar refractivity (Wildman–Crippen MR) is 54.7 cm³/mol. The second kappa shape index (κ2) is 4.40. The second-order valence-corrected chi connectivity index (χ2v) is 4.58. The number of likely N-dealkylation sites (tertiary alicyclic amines) is 1. The molecule has 1 unspecified atom stereocenters. The van der Waals surface area contributed by atoms with Crippen LogP contribution in [0.5, 0.6) is 0 Å². The van der Waals surface area contributed by atoms with E-state index in [2.05, 4.69) is 18.7 Å². The van der Waals surface area contributed by atoms with Gasteiger partial charge in [-0.05, 0) is 39.3 Å². The number of methoxy groups -OCH3 is 1. The minimum Gasteiger partial charge on any atom is -0.383 e. The van der Waals surface area contributed by atoms with Crippen molar-refractivity contribution in [3.63, 3.8) is 0 Å². The Morgan fingerprint density at radius 2 is 2.23 bits per heavy atom. The van der Waals surface area contributed by atoms with Crippen molar-refractivity contribution in [2.75, 3.05) is 33.4 Å². The van der Waals surface area contributed by atoms with E-state index < -0.39 is 0 Å². The highest BCUT2D eigenvalue weighted by Gasteiger charge is 2.32. The first-order valence-corrected chi connectivity index (χ1v) is 5.04. The van der Waals surface area contributed by atoms with E-state index in [-0.39, 0.29) is 5.54 Å². The van der Waals surface area contributed by atoms with E-state index in [4.69, 9.17) is 10.5 Å². The zero-order valence-corrected chi connectivity index (χ0v) is 9.05. The van der Waals surface area contributed by atoms with Crippen LogP contribution >= 0.6 is 0 Å². The Morgan fingerprint density at radius 3 is 2.69 bits per heavy atom. The molecule has 0 aromatic rings. The zero-order valence-electron chi connectivity index (χ0n) is 9.05. The minimum absolute atomic E-state index is 0.165. The van der Waals surface area contributed by atoms with Gasteiger partial charge in [0.1, 0.15) is 0 Å². The number of ether oxygens (including phenoxy) is 1. The maximum atomic E-state index is 5.66. The van der Waals surface area contributed by atoms with Gasteiger partial charge in [0.2, 0.25) is 0 Å². The maximum Gasteiger partial charge on any atom is 0.0641 e. The first-order valence-electron chi connectivity index (χ1n) is 5.04. The van der Waals surface area contributed by atoms with Gasteiger partial charge in [-0.2, -0.15) is 0 Å². The zero-order chi connectivity index (χ0) is 9.90. The largest absolute Gasteiger partial charge is 0.383 e. The topological polar surface area (TPSA) is 38.5 Å². The summed E-state index contributed by atoms with van der Waals surface area (Å²) in [5.41, 5.74) is 5.82. The fraction of sp³-hybridized carbons (Fsp3) is 1.00. The molecule has 0 aliphatic carbocycles. The van der Waals surface area contributed by atoms with Crippen LogP contribution in [0.3, 0.4) is 0 Å². The van der Waals surface area contributed by atoms with Gasteiger partial charge in [0.15, 0.2) is 0 Å². The molecular formula is C10H22N2O. The minimum atomic E-state index is 0.165. The smallest absolute Gasteiger partial charge is 0.0641 e. The van der Waals surface area contributed by atoms with E-state index in [0.29, 0.717) is 5.92 Å². The SMILES string of the molecule is COCC(C)(C)N1CCC(CN)C1. The van der Waals surface area contributed by atoms with Gasteiger partial charge in [0, 0.05) is 19.2 Å². The van der Waals surface area contributed by atoms with Gasteiger partial charge in [-0.15, -0.1) is 0 Å². The van der Waals surface area contributed by atoms with E-state index in [1.807, 2.05) is 0 Å². The van der Waals surface area contributed by atoms with E-state index in [0.717, 1.165) is 26.2 Å². The standard InChI is InChI=1S/C10H22N2O/c1-10(2,8-13-3)12-5-4-9(6-11)7-12/h9H,4-8,11H2,1-3H3. The molecule has 0 saturated carbocycles. The first-order chi connectivity index (χ1) is 6.10. The average molecular weight is 186 g/mol. The van der Waals surface area contributed by atoms with Gasteiger partial charge in [-0.25, -0.2) is 0 Å². The summed E-state index contributed by atoms with van der Waals surface area (Å²) in [5, 5.41) is 0. The highest BCUT2D eigenvalue weighted by atomic mass is 16.5. The molecule has 1 fully saturated rings. The Morgan fingerprint density at radius 1 is 1.54 bits per heavy atom. The quantitative estimate of drug-likeness (QED) is 0.702. The summed E-state index contributed by atoms with van der Waals surface area (Å²) in [6, 6.07) is 0. The lowest BCUT2D eigenvalue weighted by molar-refractivity contribution is 0.0470. The number of hydrogen-bond donors (Lipinski definition) is 1. The van der Waals surface area contributed by atoms with E-state index >= 15 is 0 Å². The third kappa shape index (κ3) is 2.66. The van der Waals surface area contributed by atoms with Crippen LogP contribution in [-0.4, -0.2) is 43.8 Å². The summed E-state index contributed by atoms with van der Waals surface area (Å²) in [4.78, 5) is 2.48. The predicted octanol–water partition coefficient (Wildman–Crippen LogP) is 0.692. The molecule has 13 heavy (non-hydrogen) atoms. The molecule has 1 aliphatic rings. The Hall–Kier alpha value is -0.120. The van der Waals surface area contributed by atoms with Crippen LogP contribution in [0.2, 0.25) is 0 Å². The van der Waals surface area contributed by atoms with Crippen molar-refractivity contribution >= 4 is 0 Å². The molecule has 0 spiro atoms. The molecule has 78 valence electrons. The van der Waals surface area contributed by atoms with E-state index in [9.17, 15) is 0 Å². The van der Waals surface area contributed by atoms with Crippen molar-refractivity contribution in [2.24, 2.45) is 11.7 Å². The fourth-order valence-corrected chi connectivity index (χ4v) is 2.02. The van der Waals surface area contributed by atoms with Crippen molar-refractivity contribution in [1.29, 1.82) is 0 Å². The van der Waals surface area contributed by atoms with Crippen LogP contribution in [0, 0.1) is 5.92 Å². The number of rotatable bonds is 4. The Balaban J connectivity index is 2.44. The lowest BCUT2D eigenvalue weighted by Crippen LogP contribution is -2.46. The Kier molecular flexibility index (Phi) is 3.71. The molecule has 0 bridgehead atoms. The lowest BCUT2D eigenvalue weighted by atomic mass is 10.0. The molecule has 1 saturated heterocycles. The van der Waals surface area contributed by atoms with Gasteiger partial charge < -0.3 is 10.5 Å². The van der Waals surface area contributed by atoms with Crippen LogP contribution in [0.25, 0.3) is 0 Å².